The Bertz CT molecular complexity index is 402. The summed E-state index contributed by atoms with van der Waals surface area (Å²) in [5.41, 5.74) is 3.72. The Morgan fingerprint density at radius 2 is 2.36 bits per heavy atom. The number of aromatic nitrogens is 1. The van der Waals surface area contributed by atoms with Crippen LogP contribution in [-0.2, 0) is 0 Å². The van der Waals surface area contributed by atoms with Gasteiger partial charge in [-0.05, 0) is 42.0 Å². The maximum Gasteiger partial charge on any atom is 0.0914 e. The third-order valence-corrected chi connectivity index (χ3v) is 2.49. The summed E-state index contributed by atoms with van der Waals surface area (Å²) < 4.78 is 0. The van der Waals surface area contributed by atoms with Crippen LogP contribution in [0.1, 0.15) is 24.8 Å². The van der Waals surface area contributed by atoms with E-state index in [4.69, 9.17) is 5.26 Å². The van der Waals surface area contributed by atoms with E-state index in [0.717, 1.165) is 24.8 Å². The molecule has 0 fully saturated rings. The van der Waals surface area contributed by atoms with E-state index in [0.29, 0.717) is 0 Å². The molecule has 0 bridgehead atoms. The van der Waals surface area contributed by atoms with E-state index in [1.54, 1.807) is 6.08 Å². The lowest BCUT2D eigenvalue weighted by Crippen LogP contribution is -1.93. The van der Waals surface area contributed by atoms with Gasteiger partial charge in [0.2, 0.25) is 0 Å². The molecule has 0 radical (unpaired) electrons. The van der Waals surface area contributed by atoms with Crippen molar-refractivity contribution in [2.75, 3.05) is 0 Å². The normalized spacial score (nSPS) is 19.1. The highest BCUT2D eigenvalue weighted by Crippen LogP contribution is 2.28. The molecule has 0 saturated carbocycles. The van der Waals surface area contributed by atoms with Crippen LogP contribution in [0.3, 0.4) is 0 Å². The number of nitrogens with one attached hydrogen (secondary N) is 1. The second-order valence-corrected chi connectivity index (χ2v) is 3.47. The van der Waals surface area contributed by atoms with Crippen molar-refractivity contribution in [1.29, 1.82) is 5.26 Å². The predicted octanol–water partition coefficient (Wildman–Crippen LogP) is 3.03. The molecule has 1 aliphatic rings. The summed E-state index contributed by atoms with van der Waals surface area (Å²) in [5, 5.41) is 8.57. The average molecular weight is 184 g/mol. The molecule has 2 heteroatoms. The van der Waals surface area contributed by atoms with Crippen LogP contribution in [0.15, 0.2) is 36.2 Å². The summed E-state index contributed by atoms with van der Waals surface area (Å²) >= 11 is 0. The van der Waals surface area contributed by atoms with Crippen LogP contribution in [0.2, 0.25) is 0 Å². The summed E-state index contributed by atoms with van der Waals surface area (Å²) in [6.07, 6.45) is 11.0. The van der Waals surface area contributed by atoms with Crippen molar-refractivity contribution in [3.8, 4) is 6.07 Å². The molecule has 0 unspecified atom stereocenters. The van der Waals surface area contributed by atoms with Crippen LogP contribution in [0, 0.1) is 11.3 Å². The first kappa shape index (κ1) is 8.83. The number of hydrogen-bond donors (Lipinski definition) is 1. The first-order valence-electron chi connectivity index (χ1n) is 4.82. The maximum atomic E-state index is 8.57. The van der Waals surface area contributed by atoms with E-state index < -0.39 is 0 Å². The van der Waals surface area contributed by atoms with Gasteiger partial charge in [-0.2, -0.15) is 5.26 Å². The van der Waals surface area contributed by atoms with Crippen molar-refractivity contribution < 1.29 is 0 Å². The third kappa shape index (κ3) is 1.77. The van der Waals surface area contributed by atoms with Gasteiger partial charge in [0.05, 0.1) is 6.07 Å². The number of aromatic amines is 1. The molecule has 0 saturated heterocycles. The number of hydrogen-bond acceptors (Lipinski definition) is 1. The monoisotopic (exact) mass is 184 g/mol. The fourth-order valence-electron chi connectivity index (χ4n) is 1.80. The van der Waals surface area contributed by atoms with Crippen LogP contribution >= 0.6 is 0 Å². The highest BCUT2D eigenvalue weighted by atomic mass is 14.6. The molecule has 0 atom stereocenters. The van der Waals surface area contributed by atoms with Gasteiger partial charge in [0.25, 0.3) is 0 Å². The van der Waals surface area contributed by atoms with E-state index in [1.807, 2.05) is 12.4 Å². The van der Waals surface area contributed by atoms with Gasteiger partial charge in [0.15, 0.2) is 0 Å². The topological polar surface area (TPSA) is 39.6 Å². The van der Waals surface area contributed by atoms with E-state index in [1.165, 1.54) is 11.1 Å². The molecule has 1 aromatic rings. The Kier molecular flexibility index (Phi) is 2.51. The lowest BCUT2D eigenvalue weighted by Gasteiger charge is -2.13. The molecule has 0 spiro atoms. The van der Waals surface area contributed by atoms with Crippen LogP contribution in [0.25, 0.3) is 5.57 Å². The Hall–Kier alpha value is -1.75. The first-order valence-corrected chi connectivity index (χ1v) is 4.82. The summed E-state index contributed by atoms with van der Waals surface area (Å²) in [4.78, 5) is 3.05. The summed E-state index contributed by atoms with van der Waals surface area (Å²) in [5.74, 6) is 0. The van der Waals surface area contributed by atoms with E-state index >= 15 is 0 Å². The van der Waals surface area contributed by atoms with Gasteiger partial charge in [-0.15, -0.1) is 0 Å². The highest BCUT2D eigenvalue weighted by molar-refractivity contribution is 5.69. The zero-order valence-corrected chi connectivity index (χ0v) is 7.96. The molecule has 2 rings (SSSR count). The fraction of sp³-hybridized carbons (Fsp3) is 0.250. The van der Waals surface area contributed by atoms with Crippen molar-refractivity contribution in [1.82, 2.24) is 4.98 Å². The second-order valence-electron chi connectivity index (χ2n) is 3.47. The SMILES string of the molecule is N#C/C=C1/C=C(c2cc[nH]c2)CCC1. The lowest BCUT2D eigenvalue weighted by molar-refractivity contribution is 0.835. The smallest absolute Gasteiger partial charge is 0.0914 e. The molecule has 14 heavy (non-hydrogen) atoms. The van der Waals surface area contributed by atoms with Crippen LogP contribution < -0.4 is 0 Å². The molecular weight excluding hydrogens is 172 g/mol. The minimum absolute atomic E-state index is 1.03. The zero-order valence-electron chi connectivity index (χ0n) is 7.96. The molecule has 0 aliphatic heterocycles. The molecule has 70 valence electrons. The van der Waals surface area contributed by atoms with Crippen molar-refractivity contribution in [3.63, 3.8) is 0 Å². The van der Waals surface area contributed by atoms with Crippen molar-refractivity contribution in [3.05, 3.63) is 41.7 Å². The van der Waals surface area contributed by atoms with E-state index in [2.05, 4.69) is 23.2 Å². The standard InChI is InChI=1S/C12H12N2/c13-6-4-10-2-1-3-11(8-10)12-5-7-14-9-12/h4-5,7-9,14H,1-3H2/b10-4+. The number of nitriles is 1. The van der Waals surface area contributed by atoms with E-state index in [-0.39, 0.29) is 0 Å². The van der Waals surface area contributed by atoms with Gasteiger partial charge in [-0.1, -0.05) is 6.08 Å². The van der Waals surface area contributed by atoms with Crippen LogP contribution in [-0.4, -0.2) is 4.98 Å². The van der Waals surface area contributed by atoms with Crippen LogP contribution in [0.5, 0.6) is 0 Å². The summed E-state index contributed by atoms with van der Waals surface area (Å²) in [7, 11) is 0. The molecule has 1 heterocycles. The van der Waals surface area contributed by atoms with Crippen molar-refractivity contribution in [2.45, 2.75) is 19.3 Å². The summed E-state index contributed by atoms with van der Waals surface area (Å²) in [6, 6.07) is 4.16. The average Bonchev–Trinajstić information content (AvgIpc) is 2.71. The number of H-pyrrole nitrogens is 1. The molecule has 2 nitrogen and oxygen atoms in total. The minimum Gasteiger partial charge on any atom is -0.367 e. The third-order valence-electron chi connectivity index (χ3n) is 2.49. The zero-order chi connectivity index (χ0) is 9.80. The van der Waals surface area contributed by atoms with Crippen molar-refractivity contribution in [2.24, 2.45) is 0 Å². The summed E-state index contributed by atoms with van der Waals surface area (Å²) in [6.45, 7) is 0. The Morgan fingerprint density at radius 3 is 3.07 bits per heavy atom. The molecule has 1 aromatic heterocycles. The maximum absolute atomic E-state index is 8.57. The molecule has 1 aliphatic carbocycles. The molecule has 0 amide bonds. The lowest BCUT2D eigenvalue weighted by atomic mass is 9.92. The van der Waals surface area contributed by atoms with Crippen molar-refractivity contribution >= 4 is 5.57 Å². The molecule has 1 N–H and O–H groups in total. The minimum atomic E-state index is 1.03. The number of nitrogens with zero attached hydrogens (tertiary/aromatic N) is 1. The fourth-order valence-corrected chi connectivity index (χ4v) is 1.80. The van der Waals surface area contributed by atoms with Gasteiger partial charge in [-0.3, -0.25) is 0 Å². The second kappa shape index (κ2) is 3.97. The number of rotatable bonds is 1. The van der Waals surface area contributed by atoms with E-state index in [9.17, 15) is 0 Å². The van der Waals surface area contributed by atoms with Gasteiger partial charge < -0.3 is 4.98 Å². The Balaban J connectivity index is 2.29. The largest absolute Gasteiger partial charge is 0.367 e. The Morgan fingerprint density at radius 1 is 1.43 bits per heavy atom. The van der Waals surface area contributed by atoms with Gasteiger partial charge >= 0.3 is 0 Å². The predicted molar refractivity (Wildman–Crippen MR) is 56.3 cm³/mol. The van der Waals surface area contributed by atoms with Gasteiger partial charge in [-0.25, -0.2) is 0 Å². The first-order chi connectivity index (χ1) is 6.90. The van der Waals surface area contributed by atoms with Gasteiger partial charge in [0, 0.05) is 18.5 Å². The Labute approximate surface area is 83.6 Å². The molecule has 0 aromatic carbocycles. The highest BCUT2D eigenvalue weighted by Gasteiger charge is 2.09. The van der Waals surface area contributed by atoms with Crippen LogP contribution in [0.4, 0.5) is 0 Å². The number of allylic oxidation sites excluding steroid dienone is 4. The van der Waals surface area contributed by atoms with Gasteiger partial charge in [0.1, 0.15) is 0 Å². The molecular formula is C12H12N2. The quantitative estimate of drug-likeness (QED) is 0.669.